The van der Waals surface area contributed by atoms with Crippen LogP contribution in [0.5, 0.6) is 0 Å². The minimum absolute atomic E-state index is 0.425. The summed E-state index contributed by atoms with van der Waals surface area (Å²) in [5.74, 6) is 0.425. The predicted molar refractivity (Wildman–Crippen MR) is 83.5 cm³/mol. The van der Waals surface area contributed by atoms with Crippen molar-refractivity contribution in [3.8, 4) is 0 Å². The van der Waals surface area contributed by atoms with E-state index in [1.165, 1.54) is 14.2 Å². The lowest BCUT2D eigenvalue weighted by atomic mass is 10.1. The zero-order valence-corrected chi connectivity index (χ0v) is 12.8. The Morgan fingerprint density at radius 1 is 0.905 bits per heavy atom. The molecule has 0 aliphatic rings. The molecule has 110 valence electrons. The topological polar surface area (TPSA) is 44.8 Å². The van der Waals surface area contributed by atoms with E-state index >= 15 is 0 Å². The second-order valence-electron chi connectivity index (χ2n) is 4.19. The minimum atomic E-state index is -3.61. The average Bonchev–Trinajstić information content (AvgIpc) is 2.56. The second kappa shape index (κ2) is 7.23. The fraction of sp³-hybridized carbons (Fsp3) is 0.125. The highest BCUT2D eigenvalue weighted by molar-refractivity contribution is 7.48. The summed E-state index contributed by atoms with van der Waals surface area (Å²) in [5.41, 5.74) is 1.71. The van der Waals surface area contributed by atoms with Gasteiger partial charge in [0.1, 0.15) is 5.76 Å². The number of hydrogen-bond donors (Lipinski definition) is 0. The lowest BCUT2D eigenvalue weighted by Crippen LogP contribution is -1.95. The van der Waals surface area contributed by atoms with Crippen LogP contribution in [0.2, 0.25) is 0 Å². The van der Waals surface area contributed by atoms with Gasteiger partial charge in [0.15, 0.2) is 0 Å². The molecule has 0 N–H and O–H groups in total. The normalized spacial score (nSPS) is 12.2. The van der Waals surface area contributed by atoms with Crippen molar-refractivity contribution in [2.24, 2.45) is 0 Å². The number of hydrogen-bond acceptors (Lipinski definition) is 4. The molecule has 0 bridgehead atoms. The number of benzene rings is 2. The standard InChI is InChI=1S/C16H17O4P/c1-18-21(17,19-2)20-16(15-11-7-4-8-12-15)13-14-9-5-3-6-10-14/h3-13H,1-2H3/b16-13+. The summed E-state index contributed by atoms with van der Waals surface area (Å²) >= 11 is 0. The lowest BCUT2D eigenvalue weighted by molar-refractivity contribution is 0.201. The summed E-state index contributed by atoms with van der Waals surface area (Å²) in [6, 6.07) is 19.0. The Hall–Kier alpha value is -1.87. The van der Waals surface area contributed by atoms with Crippen molar-refractivity contribution in [1.29, 1.82) is 0 Å². The van der Waals surface area contributed by atoms with E-state index in [2.05, 4.69) is 0 Å². The summed E-state index contributed by atoms with van der Waals surface area (Å²) in [7, 11) is -1.03. The molecule has 0 amide bonds. The van der Waals surface area contributed by atoms with E-state index in [0.717, 1.165) is 11.1 Å². The van der Waals surface area contributed by atoms with Gasteiger partial charge in [-0.25, -0.2) is 4.57 Å². The third kappa shape index (κ3) is 4.30. The second-order valence-corrected chi connectivity index (χ2v) is 6.00. The molecule has 5 heteroatoms. The Kier molecular flexibility index (Phi) is 5.34. The number of rotatable bonds is 6. The third-order valence-corrected chi connectivity index (χ3v) is 4.13. The van der Waals surface area contributed by atoms with Gasteiger partial charge in [0.25, 0.3) is 0 Å². The molecule has 2 aromatic rings. The zero-order chi connectivity index (χ0) is 15.1. The van der Waals surface area contributed by atoms with Gasteiger partial charge in [0.05, 0.1) is 0 Å². The fourth-order valence-corrected chi connectivity index (χ4v) is 2.43. The molecule has 0 heterocycles. The molecular formula is C16H17O4P. The van der Waals surface area contributed by atoms with E-state index < -0.39 is 7.82 Å². The van der Waals surface area contributed by atoms with E-state index in [0.29, 0.717) is 5.76 Å². The van der Waals surface area contributed by atoms with Crippen LogP contribution < -0.4 is 0 Å². The molecule has 0 unspecified atom stereocenters. The van der Waals surface area contributed by atoms with Crippen LogP contribution >= 0.6 is 7.82 Å². The van der Waals surface area contributed by atoms with E-state index in [1.54, 1.807) is 6.08 Å². The fourth-order valence-electron chi connectivity index (χ4n) is 1.73. The summed E-state index contributed by atoms with van der Waals surface area (Å²) < 4.78 is 27.4. The highest BCUT2D eigenvalue weighted by atomic mass is 31.2. The quantitative estimate of drug-likeness (QED) is 0.444. The smallest absolute Gasteiger partial charge is 0.403 e. The molecule has 0 fully saturated rings. The molecule has 0 saturated heterocycles. The van der Waals surface area contributed by atoms with Crippen LogP contribution in [0.1, 0.15) is 11.1 Å². The van der Waals surface area contributed by atoms with E-state index in [-0.39, 0.29) is 0 Å². The highest BCUT2D eigenvalue weighted by Gasteiger charge is 2.26. The molecule has 2 aromatic carbocycles. The lowest BCUT2D eigenvalue weighted by Gasteiger charge is -2.17. The maximum Gasteiger partial charge on any atom is 0.529 e. The minimum Gasteiger partial charge on any atom is -0.403 e. The maximum absolute atomic E-state index is 12.2. The Balaban J connectivity index is 2.41. The largest absolute Gasteiger partial charge is 0.529 e. The van der Waals surface area contributed by atoms with Crippen molar-refractivity contribution in [1.82, 2.24) is 0 Å². The van der Waals surface area contributed by atoms with Crippen LogP contribution in [0.25, 0.3) is 11.8 Å². The van der Waals surface area contributed by atoms with Crippen LogP contribution in [0, 0.1) is 0 Å². The van der Waals surface area contributed by atoms with Crippen molar-refractivity contribution in [3.63, 3.8) is 0 Å². The van der Waals surface area contributed by atoms with Crippen molar-refractivity contribution in [3.05, 3.63) is 71.8 Å². The van der Waals surface area contributed by atoms with Crippen LogP contribution in [-0.2, 0) is 18.1 Å². The molecule has 0 aliphatic carbocycles. The first-order valence-corrected chi connectivity index (χ1v) is 7.86. The van der Waals surface area contributed by atoms with Gasteiger partial charge in [-0.3, -0.25) is 9.05 Å². The molecule has 0 aromatic heterocycles. The summed E-state index contributed by atoms with van der Waals surface area (Å²) in [6.45, 7) is 0. The van der Waals surface area contributed by atoms with Crippen LogP contribution in [0.4, 0.5) is 0 Å². The third-order valence-electron chi connectivity index (χ3n) is 2.81. The first-order chi connectivity index (χ1) is 10.2. The Labute approximate surface area is 124 Å². The number of phosphoric acid groups is 1. The van der Waals surface area contributed by atoms with E-state index in [9.17, 15) is 4.57 Å². The molecule has 0 saturated carbocycles. The monoisotopic (exact) mass is 304 g/mol. The van der Waals surface area contributed by atoms with Gasteiger partial charge in [-0.15, -0.1) is 0 Å². The van der Waals surface area contributed by atoms with E-state index in [1.807, 2.05) is 60.7 Å². The van der Waals surface area contributed by atoms with Crippen LogP contribution in [-0.4, -0.2) is 14.2 Å². The predicted octanol–water partition coefficient (Wildman–Crippen LogP) is 4.60. The SMILES string of the molecule is COP(=O)(OC)O/C(=C/c1ccccc1)c1ccccc1. The summed E-state index contributed by atoms with van der Waals surface area (Å²) in [6.07, 6.45) is 1.79. The van der Waals surface area contributed by atoms with Gasteiger partial charge >= 0.3 is 7.82 Å². The summed E-state index contributed by atoms with van der Waals surface area (Å²) in [4.78, 5) is 0. The van der Waals surface area contributed by atoms with Crippen LogP contribution in [0.15, 0.2) is 60.7 Å². The number of phosphoric ester groups is 1. The first-order valence-electron chi connectivity index (χ1n) is 6.40. The van der Waals surface area contributed by atoms with Crippen molar-refractivity contribution in [2.45, 2.75) is 0 Å². The Morgan fingerprint density at radius 3 is 1.95 bits per heavy atom. The van der Waals surface area contributed by atoms with Gasteiger partial charge in [-0.05, 0) is 11.6 Å². The molecule has 0 spiro atoms. The van der Waals surface area contributed by atoms with Gasteiger partial charge in [0, 0.05) is 19.8 Å². The average molecular weight is 304 g/mol. The molecule has 21 heavy (non-hydrogen) atoms. The maximum atomic E-state index is 12.2. The molecule has 4 nitrogen and oxygen atoms in total. The van der Waals surface area contributed by atoms with Crippen molar-refractivity contribution in [2.75, 3.05) is 14.2 Å². The van der Waals surface area contributed by atoms with Gasteiger partial charge in [0.2, 0.25) is 0 Å². The Bertz CT molecular complexity index is 630. The molecule has 0 aliphatic heterocycles. The summed E-state index contributed by atoms with van der Waals surface area (Å²) in [5, 5.41) is 0. The molecule has 2 rings (SSSR count). The Morgan fingerprint density at radius 2 is 1.43 bits per heavy atom. The van der Waals surface area contributed by atoms with Gasteiger partial charge < -0.3 is 4.52 Å². The van der Waals surface area contributed by atoms with Crippen molar-refractivity contribution >= 4 is 19.7 Å². The van der Waals surface area contributed by atoms with Crippen LogP contribution in [0.3, 0.4) is 0 Å². The molecule has 0 radical (unpaired) electrons. The molecular weight excluding hydrogens is 287 g/mol. The first kappa shape index (κ1) is 15.5. The van der Waals surface area contributed by atoms with Gasteiger partial charge in [-0.2, -0.15) is 0 Å². The van der Waals surface area contributed by atoms with E-state index in [4.69, 9.17) is 13.6 Å². The highest BCUT2D eigenvalue weighted by Crippen LogP contribution is 2.51. The zero-order valence-electron chi connectivity index (χ0n) is 11.9. The van der Waals surface area contributed by atoms with Crippen molar-refractivity contribution < 1.29 is 18.1 Å². The van der Waals surface area contributed by atoms with Gasteiger partial charge in [-0.1, -0.05) is 60.7 Å². The molecule has 0 atom stereocenters.